The highest BCUT2D eigenvalue weighted by molar-refractivity contribution is 8.02. The van der Waals surface area contributed by atoms with Crippen LogP contribution in [0.15, 0.2) is 0 Å². The Hall–Kier alpha value is 1.22. The first kappa shape index (κ1) is 11.2. The topological polar surface area (TPSA) is 15.3 Å². The van der Waals surface area contributed by atoms with E-state index in [0.29, 0.717) is 0 Å². The van der Waals surface area contributed by atoms with Crippen LogP contribution in [0.5, 0.6) is 0 Å². The second-order valence-electron chi connectivity index (χ2n) is 1.92. The monoisotopic (exact) mass is 222 g/mol. The molecule has 0 spiro atoms. The summed E-state index contributed by atoms with van der Waals surface area (Å²) in [6.45, 7) is 3.11. The van der Waals surface area contributed by atoms with Gasteiger partial charge in [-0.15, -0.1) is 12.4 Å². The van der Waals surface area contributed by atoms with Crippen LogP contribution in [0.4, 0.5) is 0 Å². The summed E-state index contributed by atoms with van der Waals surface area (Å²) in [7, 11) is 0. The number of nitrogens with one attached hydrogen (secondary N) is 1. The van der Waals surface area contributed by atoms with Crippen molar-refractivity contribution in [3.63, 3.8) is 0 Å². The molecule has 0 aliphatic carbocycles. The molecule has 62 valence electrons. The molecule has 0 atom stereocenters. The largest absolute Gasteiger partial charge is 0.314 e. The lowest BCUT2D eigenvalue weighted by atomic mass is 10.4. The lowest BCUT2D eigenvalue weighted by Gasteiger charge is -2.26. The molecule has 1 fully saturated rings. The van der Waals surface area contributed by atoms with Crippen LogP contribution >= 0.6 is 41.7 Å². The highest BCUT2D eigenvalue weighted by Gasteiger charge is 2.15. The third kappa shape index (κ3) is 3.56. The van der Waals surface area contributed by atoms with Gasteiger partial charge in [0, 0.05) is 26.2 Å². The molecule has 0 aromatic carbocycles. The Morgan fingerprint density at radius 2 is 1.70 bits per heavy atom. The third-order valence-corrected chi connectivity index (χ3v) is 3.42. The van der Waals surface area contributed by atoms with Gasteiger partial charge in [-0.1, -0.05) is 22.5 Å². The molecule has 1 aliphatic heterocycles. The predicted molar refractivity (Wildman–Crippen MR) is 50.3 cm³/mol. The lowest BCUT2D eigenvalue weighted by Crippen LogP contribution is -2.39. The molecule has 1 heterocycles. The Morgan fingerprint density at radius 1 is 1.20 bits per heavy atom. The molecule has 1 saturated heterocycles. The molecular formula is C4H10Cl3N2P. The first-order valence-corrected chi connectivity index (χ1v) is 5.98. The normalized spacial score (nSPS) is 20.7. The van der Waals surface area contributed by atoms with Crippen LogP contribution in [-0.2, 0) is 0 Å². The van der Waals surface area contributed by atoms with E-state index in [-0.39, 0.29) is 12.4 Å². The summed E-state index contributed by atoms with van der Waals surface area (Å²) in [6, 6.07) is 0. The summed E-state index contributed by atoms with van der Waals surface area (Å²) in [5, 5.41) is 3.22. The van der Waals surface area contributed by atoms with Gasteiger partial charge in [-0.3, -0.25) is 4.67 Å². The zero-order chi connectivity index (χ0) is 6.69. The molecule has 1 rings (SSSR count). The molecule has 10 heavy (non-hydrogen) atoms. The second kappa shape index (κ2) is 5.82. The van der Waals surface area contributed by atoms with E-state index >= 15 is 0 Å². The van der Waals surface area contributed by atoms with Crippen LogP contribution in [0.1, 0.15) is 0 Å². The first-order valence-electron chi connectivity index (χ1n) is 2.88. The fourth-order valence-corrected chi connectivity index (χ4v) is 2.21. The average molecular weight is 223 g/mol. The third-order valence-electron chi connectivity index (χ3n) is 1.31. The molecule has 0 saturated carbocycles. The Balaban J connectivity index is 0.000000810. The zero-order valence-electron chi connectivity index (χ0n) is 5.39. The van der Waals surface area contributed by atoms with Gasteiger partial charge in [-0.25, -0.2) is 0 Å². The van der Waals surface area contributed by atoms with Gasteiger partial charge in [-0.2, -0.15) is 0 Å². The minimum Gasteiger partial charge on any atom is -0.314 e. The maximum atomic E-state index is 5.68. The molecule has 0 bridgehead atoms. The fraction of sp³-hybridized carbons (Fsp3) is 1.00. The number of rotatable bonds is 1. The van der Waals surface area contributed by atoms with Crippen molar-refractivity contribution < 1.29 is 0 Å². The Kier molecular flexibility index (Phi) is 6.53. The summed E-state index contributed by atoms with van der Waals surface area (Å²) < 4.78 is 2.09. The van der Waals surface area contributed by atoms with Gasteiger partial charge < -0.3 is 5.32 Å². The SMILES string of the molecule is Cl.ClP(Cl)N1CCNCC1. The van der Waals surface area contributed by atoms with Gasteiger partial charge in [0.2, 0.25) is 0 Å². The van der Waals surface area contributed by atoms with E-state index < -0.39 is 6.78 Å². The van der Waals surface area contributed by atoms with Crippen LogP contribution < -0.4 is 5.32 Å². The van der Waals surface area contributed by atoms with Crippen molar-refractivity contribution in [2.45, 2.75) is 0 Å². The Bertz CT molecular complexity index is 86.6. The van der Waals surface area contributed by atoms with Crippen LogP contribution in [0.25, 0.3) is 0 Å². The average Bonchev–Trinajstić information content (AvgIpc) is 1.90. The van der Waals surface area contributed by atoms with Crippen LogP contribution in [0.2, 0.25) is 0 Å². The summed E-state index contributed by atoms with van der Waals surface area (Å²) in [5.74, 6) is 0. The van der Waals surface area contributed by atoms with Gasteiger partial charge in [-0.05, 0) is 0 Å². The molecule has 0 aromatic heterocycles. The van der Waals surface area contributed by atoms with Crippen LogP contribution in [0, 0.1) is 0 Å². The molecule has 2 nitrogen and oxygen atoms in total. The van der Waals surface area contributed by atoms with Gasteiger partial charge >= 0.3 is 0 Å². The lowest BCUT2D eigenvalue weighted by molar-refractivity contribution is 0.392. The first-order chi connectivity index (χ1) is 4.30. The van der Waals surface area contributed by atoms with Crippen molar-refractivity contribution >= 4 is 41.7 Å². The number of piperazine rings is 1. The van der Waals surface area contributed by atoms with E-state index in [2.05, 4.69) is 9.99 Å². The smallest absolute Gasteiger partial charge is 0.159 e. The number of halogens is 3. The van der Waals surface area contributed by atoms with Gasteiger partial charge in [0.1, 0.15) is 0 Å². The molecule has 0 unspecified atom stereocenters. The van der Waals surface area contributed by atoms with Crippen molar-refractivity contribution in [2.75, 3.05) is 26.2 Å². The van der Waals surface area contributed by atoms with Crippen molar-refractivity contribution in [1.82, 2.24) is 9.99 Å². The molecule has 0 aromatic rings. The van der Waals surface area contributed by atoms with E-state index in [9.17, 15) is 0 Å². The molecule has 1 aliphatic rings. The van der Waals surface area contributed by atoms with Crippen molar-refractivity contribution in [2.24, 2.45) is 0 Å². The van der Waals surface area contributed by atoms with Crippen LogP contribution in [-0.4, -0.2) is 30.8 Å². The van der Waals surface area contributed by atoms with E-state index in [1.807, 2.05) is 0 Å². The van der Waals surface area contributed by atoms with Gasteiger partial charge in [0.05, 0.1) is 0 Å². The van der Waals surface area contributed by atoms with E-state index in [4.69, 9.17) is 22.5 Å². The Morgan fingerprint density at radius 3 is 2.00 bits per heavy atom. The molecular weight excluding hydrogens is 213 g/mol. The summed E-state index contributed by atoms with van der Waals surface area (Å²) in [4.78, 5) is 0. The van der Waals surface area contributed by atoms with Crippen molar-refractivity contribution in [3.8, 4) is 0 Å². The summed E-state index contributed by atoms with van der Waals surface area (Å²) in [6.07, 6.45) is 0. The van der Waals surface area contributed by atoms with E-state index in [1.54, 1.807) is 0 Å². The second-order valence-corrected chi connectivity index (χ2v) is 5.35. The summed E-state index contributed by atoms with van der Waals surface area (Å²) >= 11 is 11.4. The highest BCUT2D eigenvalue weighted by Crippen LogP contribution is 2.50. The standard InChI is InChI=1S/C4H9Cl2N2P.ClH/c5-9(6)8-3-1-7-2-4-8;/h7H,1-4H2;1H. The van der Waals surface area contributed by atoms with E-state index in [1.165, 1.54) is 0 Å². The maximum absolute atomic E-state index is 5.68. The van der Waals surface area contributed by atoms with E-state index in [0.717, 1.165) is 26.2 Å². The van der Waals surface area contributed by atoms with Crippen molar-refractivity contribution in [1.29, 1.82) is 0 Å². The molecule has 0 radical (unpaired) electrons. The van der Waals surface area contributed by atoms with Crippen LogP contribution in [0.3, 0.4) is 0 Å². The molecule has 0 amide bonds. The zero-order valence-corrected chi connectivity index (χ0v) is 8.61. The minimum atomic E-state index is -0.881. The van der Waals surface area contributed by atoms with Crippen molar-refractivity contribution in [3.05, 3.63) is 0 Å². The predicted octanol–water partition coefficient (Wildman–Crippen LogP) is 2.02. The molecule has 1 N–H and O–H groups in total. The summed E-state index contributed by atoms with van der Waals surface area (Å²) in [5.41, 5.74) is 0. The maximum Gasteiger partial charge on any atom is 0.159 e. The minimum absolute atomic E-state index is 0. The van der Waals surface area contributed by atoms with Gasteiger partial charge in [0.15, 0.2) is 6.78 Å². The number of hydrogen-bond acceptors (Lipinski definition) is 2. The quantitative estimate of drug-likeness (QED) is 0.684. The number of nitrogens with zero attached hydrogens (tertiary/aromatic N) is 1. The highest BCUT2D eigenvalue weighted by atomic mass is 35.9. The fourth-order valence-electron chi connectivity index (χ4n) is 0.804. The Labute approximate surface area is 78.0 Å². The van der Waals surface area contributed by atoms with Gasteiger partial charge in [0.25, 0.3) is 0 Å². The number of hydrogen-bond donors (Lipinski definition) is 1. The molecule has 6 heteroatoms.